The predicted octanol–water partition coefficient (Wildman–Crippen LogP) is 2.95. The molecule has 4 heteroatoms. The first-order valence-corrected chi connectivity index (χ1v) is 6.34. The van der Waals surface area contributed by atoms with Crippen LogP contribution < -0.4 is 0 Å². The number of hydrogen-bond acceptors (Lipinski definition) is 3. The Morgan fingerprint density at radius 1 is 1.24 bits per heavy atom. The highest BCUT2D eigenvalue weighted by molar-refractivity contribution is 5.40. The fraction of sp³-hybridized carbons (Fsp3) is 0.538. The summed E-state index contributed by atoms with van der Waals surface area (Å²) >= 11 is 0. The quantitative estimate of drug-likeness (QED) is 0.780. The van der Waals surface area contributed by atoms with Crippen LogP contribution in [0.5, 0.6) is 5.88 Å². The predicted molar refractivity (Wildman–Crippen MR) is 67.1 cm³/mol. The maximum Gasteiger partial charge on any atom is 0.215 e. The normalized spacial score (nSPS) is 11.1. The van der Waals surface area contributed by atoms with Crippen molar-refractivity contribution in [2.45, 2.75) is 45.4 Å². The van der Waals surface area contributed by atoms with Crippen LogP contribution in [-0.2, 0) is 6.42 Å². The molecule has 17 heavy (non-hydrogen) atoms. The highest BCUT2D eigenvalue weighted by Crippen LogP contribution is 2.15. The number of nitrogens with zero attached hydrogens (tertiary/aromatic N) is 3. The average molecular weight is 233 g/mol. The second-order valence-corrected chi connectivity index (χ2v) is 4.37. The molecule has 0 amide bonds. The monoisotopic (exact) mass is 233 g/mol. The Hall–Kier alpha value is -1.58. The van der Waals surface area contributed by atoms with Crippen LogP contribution in [0.2, 0.25) is 0 Å². The molecule has 2 heterocycles. The number of aromatic hydroxyl groups is 1. The summed E-state index contributed by atoms with van der Waals surface area (Å²) in [5, 5.41) is 13.7. The third-order valence-electron chi connectivity index (χ3n) is 2.93. The standard InChI is InChI=1S/C13H19N3O/c1-2-3-4-5-6-7-11-10-13(17)16-12(15-11)8-9-14-16/h8-10,17H,2-7H2,1H3. The lowest BCUT2D eigenvalue weighted by Gasteiger charge is -2.03. The minimum absolute atomic E-state index is 0.170. The van der Waals surface area contributed by atoms with E-state index in [-0.39, 0.29) is 5.88 Å². The van der Waals surface area contributed by atoms with Crippen LogP contribution in [0.3, 0.4) is 0 Å². The Morgan fingerprint density at radius 3 is 2.88 bits per heavy atom. The fourth-order valence-electron chi connectivity index (χ4n) is 1.98. The van der Waals surface area contributed by atoms with Crippen molar-refractivity contribution in [2.24, 2.45) is 0 Å². The van der Waals surface area contributed by atoms with Gasteiger partial charge in [0.1, 0.15) is 0 Å². The van der Waals surface area contributed by atoms with E-state index < -0.39 is 0 Å². The van der Waals surface area contributed by atoms with Crippen molar-refractivity contribution >= 4 is 5.65 Å². The van der Waals surface area contributed by atoms with Crippen LogP contribution in [-0.4, -0.2) is 19.7 Å². The van der Waals surface area contributed by atoms with Crippen molar-refractivity contribution in [3.05, 3.63) is 24.0 Å². The summed E-state index contributed by atoms with van der Waals surface area (Å²) < 4.78 is 1.45. The summed E-state index contributed by atoms with van der Waals surface area (Å²) in [4.78, 5) is 4.45. The fourth-order valence-corrected chi connectivity index (χ4v) is 1.98. The minimum Gasteiger partial charge on any atom is -0.493 e. The molecule has 0 aliphatic heterocycles. The minimum atomic E-state index is 0.170. The van der Waals surface area contributed by atoms with Gasteiger partial charge in [-0.1, -0.05) is 32.6 Å². The molecule has 0 fully saturated rings. The van der Waals surface area contributed by atoms with Crippen LogP contribution >= 0.6 is 0 Å². The van der Waals surface area contributed by atoms with Crippen molar-refractivity contribution in [1.29, 1.82) is 0 Å². The molecule has 0 unspecified atom stereocenters. The van der Waals surface area contributed by atoms with E-state index >= 15 is 0 Å². The highest BCUT2D eigenvalue weighted by atomic mass is 16.3. The summed E-state index contributed by atoms with van der Waals surface area (Å²) in [6.07, 6.45) is 8.81. The van der Waals surface area contributed by atoms with E-state index in [2.05, 4.69) is 17.0 Å². The molecule has 2 rings (SSSR count). The van der Waals surface area contributed by atoms with E-state index in [9.17, 15) is 5.11 Å². The Bertz CT molecular complexity index is 478. The summed E-state index contributed by atoms with van der Waals surface area (Å²) in [5.41, 5.74) is 1.67. The van der Waals surface area contributed by atoms with E-state index in [1.807, 2.05) is 0 Å². The third-order valence-corrected chi connectivity index (χ3v) is 2.93. The lowest BCUT2D eigenvalue weighted by atomic mass is 10.1. The van der Waals surface area contributed by atoms with Crippen molar-refractivity contribution in [1.82, 2.24) is 14.6 Å². The van der Waals surface area contributed by atoms with Gasteiger partial charge in [-0.2, -0.15) is 9.61 Å². The largest absolute Gasteiger partial charge is 0.493 e. The summed E-state index contributed by atoms with van der Waals surface area (Å²) in [7, 11) is 0. The molecule has 0 saturated heterocycles. The average Bonchev–Trinajstić information content (AvgIpc) is 2.77. The van der Waals surface area contributed by atoms with Gasteiger partial charge in [-0.3, -0.25) is 0 Å². The van der Waals surface area contributed by atoms with Gasteiger partial charge < -0.3 is 5.11 Å². The molecule has 0 aliphatic carbocycles. The van der Waals surface area contributed by atoms with Gasteiger partial charge in [0, 0.05) is 17.8 Å². The van der Waals surface area contributed by atoms with Crippen molar-refractivity contribution < 1.29 is 5.11 Å². The number of fused-ring (bicyclic) bond motifs is 1. The molecular formula is C13H19N3O. The summed E-state index contributed by atoms with van der Waals surface area (Å²) in [6, 6.07) is 3.51. The molecule has 0 atom stereocenters. The van der Waals surface area contributed by atoms with Crippen LogP contribution in [0.4, 0.5) is 0 Å². The van der Waals surface area contributed by atoms with Crippen molar-refractivity contribution in [3.63, 3.8) is 0 Å². The van der Waals surface area contributed by atoms with Crippen molar-refractivity contribution in [3.8, 4) is 5.88 Å². The first-order valence-electron chi connectivity index (χ1n) is 6.34. The topological polar surface area (TPSA) is 50.4 Å². The van der Waals surface area contributed by atoms with Gasteiger partial charge in [0.05, 0.1) is 6.20 Å². The molecule has 0 radical (unpaired) electrons. The van der Waals surface area contributed by atoms with Gasteiger partial charge >= 0.3 is 0 Å². The molecule has 1 N–H and O–H groups in total. The summed E-state index contributed by atoms with van der Waals surface area (Å²) in [5.74, 6) is 0.170. The maximum atomic E-state index is 9.74. The molecule has 0 aliphatic rings. The zero-order valence-corrected chi connectivity index (χ0v) is 10.3. The number of unbranched alkanes of at least 4 members (excludes halogenated alkanes) is 4. The Labute approximate surface area is 101 Å². The number of hydrogen-bond donors (Lipinski definition) is 1. The Kier molecular flexibility index (Phi) is 3.96. The molecule has 4 nitrogen and oxygen atoms in total. The lowest BCUT2D eigenvalue weighted by molar-refractivity contribution is 0.433. The molecule has 0 aromatic carbocycles. The van der Waals surface area contributed by atoms with Crippen LogP contribution in [0.25, 0.3) is 5.65 Å². The zero-order valence-electron chi connectivity index (χ0n) is 10.3. The SMILES string of the molecule is CCCCCCCc1cc(O)n2nccc2n1. The molecule has 2 aromatic heterocycles. The van der Waals surface area contributed by atoms with E-state index in [1.54, 1.807) is 18.3 Å². The van der Waals surface area contributed by atoms with E-state index in [0.717, 1.165) is 18.5 Å². The molecule has 92 valence electrons. The molecule has 0 bridgehead atoms. The van der Waals surface area contributed by atoms with Gasteiger partial charge in [0.2, 0.25) is 5.88 Å². The first kappa shape index (κ1) is 11.9. The number of aromatic nitrogens is 3. The van der Waals surface area contributed by atoms with Gasteiger partial charge in [-0.15, -0.1) is 0 Å². The van der Waals surface area contributed by atoms with E-state index in [0.29, 0.717) is 5.65 Å². The molecular weight excluding hydrogens is 214 g/mol. The van der Waals surface area contributed by atoms with Gasteiger partial charge in [-0.25, -0.2) is 4.98 Å². The molecule has 2 aromatic rings. The first-order chi connectivity index (χ1) is 8.31. The number of rotatable bonds is 6. The Morgan fingerprint density at radius 2 is 2.06 bits per heavy atom. The van der Waals surface area contributed by atoms with Crippen molar-refractivity contribution in [2.75, 3.05) is 0 Å². The van der Waals surface area contributed by atoms with Crippen LogP contribution in [0.15, 0.2) is 18.3 Å². The molecule has 0 spiro atoms. The van der Waals surface area contributed by atoms with Gasteiger partial charge in [0.25, 0.3) is 0 Å². The highest BCUT2D eigenvalue weighted by Gasteiger charge is 2.04. The number of aryl methyl sites for hydroxylation is 1. The smallest absolute Gasteiger partial charge is 0.215 e. The van der Waals surface area contributed by atoms with E-state index in [1.165, 1.54) is 30.2 Å². The van der Waals surface area contributed by atoms with Gasteiger partial charge in [-0.05, 0) is 12.8 Å². The second-order valence-electron chi connectivity index (χ2n) is 4.37. The second kappa shape index (κ2) is 5.66. The van der Waals surface area contributed by atoms with Gasteiger partial charge in [0.15, 0.2) is 5.65 Å². The summed E-state index contributed by atoms with van der Waals surface area (Å²) in [6.45, 7) is 2.22. The maximum absolute atomic E-state index is 9.74. The van der Waals surface area contributed by atoms with E-state index in [4.69, 9.17) is 0 Å². The Balaban J connectivity index is 1.94. The third kappa shape index (κ3) is 2.96. The van der Waals surface area contributed by atoms with Crippen LogP contribution in [0, 0.1) is 0 Å². The molecule has 0 saturated carbocycles. The lowest BCUT2D eigenvalue weighted by Crippen LogP contribution is -1.96. The van der Waals surface area contributed by atoms with Crippen LogP contribution in [0.1, 0.15) is 44.7 Å². The zero-order chi connectivity index (χ0) is 12.1.